The first-order valence-electron chi connectivity index (χ1n) is 13.4. The maximum absolute atomic E-state index is 14.2. The lowest BCUT2D eigenvalue weighted by Gasteiger charge is -2.58. The molecule has 210 valence electrons. The fourth-order valence-corrected chi connectivity index (χ4v) is 6.70. The molecule has 0 radical (unpaired) electrons. The van der Waals surface area contributed by atoms with Crippen molar-refractivity contribution in [2.75, 3.05) is 49.9 Å². The number of alkyl halides is 2. The Hall–Kier alpha value is -2.98. The molecule has 1 amide bonds. The second-order valence-electron chi connectivity index (χ2n) is 11.3. The summed E-state index contributed by atoms with van der Waals surface area (Å²) in [6, 6.07) is 1.91. The highest BCUT2D eigenvalue weighted by Gasteiger charge is 2.54. The highest BCUT2D eigenvalue weighted by molar-refractivity contribution is 6.35. The minimum Gasteiger partial charge on any atom is -0.398 e. The van der Waals surface area contributed by atoms with Crippen molar-refractivity contribution in [2.24, 2.45) is 5.41 Å². The molecule has 2 aromatic rings. The molecule has 11 heteroatoms. The predicted molar refractivity (Wildman–Crippen MR) is 151 cm³/mol. The Morgan fingerprint density at radius 3 is 2.67 bits per heavy atom. The third-order valence-corrected chi connectivity index (χ3v) is 8.97. The van der Waals surface area contributed by atoms with Crippen LogP contribution >= 0.6 is 11.6 Å². The number of aryl methyl sites for hydroxylation is 1. The SMILES string of the molecule is C=CC(=O)N1CC2(CC(n3nc(N4CCCC(F)(F)CNCC4)c(-c4c(Cl)c(C)cc(N)c4C=N)c3C)C2)C1. The van der Waals surface area contributed by atoms with E-state index in [2.05, 4.69) is 16.8 Å². The van der Waals surface area contributed by atoms with Crippen LogP contribution in [0.2, 0.25) is 5.02 Å². The lowest BCUT2D eigenvalue weighted by atomic mass is 9.60. The van der Waals surface area contributed by atoms with Crippen LogP contribution in [0.1, 0.15) is 48.5 Å². The van der Waals surface area contributed by atoms with E-state index in [4.69, 9.17) is 27.8 Å². The normalized spacial score (nSPS) is 20.9. The van der Waals surface area contributed by atoms with Crippen molar-refractivity contribution in [1.82, 2.24) is 20.0 Å². The Morgan fingerprint density at radius 1 is 1.28 bits per heavy atom. The third-order valence-electron chi connectivity index (χ3n) is 8.48. The molecule has 2 saturated heterocycles. The average Bonchev–Trinajstić information content (AvgIpc) is 3.20. The standard InChI is InChI=1S/C28H36ClF2N7O/c1-4-22(39)37-15-27(16-37)11-19(12-27)38-18(3)23(24-20(13-32)21(33)10-17(2)25(24)29)26(35-38)36-8-5-6-28(30,31)14-34-7-9-36/h4,10,13,19,32,34H,1,5-9,11-12,14-16,33H2,2-3H3. The van der Waals surface area contributed by atoms with Gasteiger partial charge < -0.3 is 26.3 Å². The topological polar surface area (TPSA) is 103 Å². The van der Waals surface area contributed by atoms with Crippen molar-refractivity contribution in [3.05, 3.63) is 40.6 Å². The fraction of sp³-hybridized carbons (Fsp3) is 0.536. The number of nitrogens with zero attached hydrogens (tertiary/aromatic N) is 4. The van der Waals surface area contributed by atoms with Gasteiger partial charge in [-0.1, -0.05) is 18.2 Å². The van der Waals surface area contributed by atoms with Crippen LogP contribution in [0.4, 0.5) is 20.3 Å². The van der Waals surface area contributed by atoms with Gasteiger partial charge in [0.1, 0.15) is 0 Å². The van der Waals surface area contributed by atoms with Gasteiger partial charge in [0, 0.05) is 78.8 Å². The van der Waals surface area contributed by atoms with Crippen molar-refractivity contribution in [3.8, 4) is 11.1 Å². The first-order chi connectivity index (χ1) is 18.5. The molecule has 3 fully saturated rings. The van der Waals surface area contributed by atoms with E-state index in [-0.39, 0.29) is 30.3 Å². The van der Waals surface area contributed by atoms with Crippen molar-refractivity contribution in [1.29, 1.82) is 5.41 Å². The van der Waals surface area contributed by atoms with Gasteiger partial charge in [-0.25, -0.2) is 8.78 Å². The summed E-state index contributed by atoms with van der Waals surface area (Å²) in [4.78, 5) is 15.8. The summed E-state index contributed by atoms with van der Waals surface area (Å²) in [7, 11) is 0. The zero-order valence-corrected chi connectivity index (χ0v) is 23.3. The number of likely N-dealkylation sites (tertiary alicyclic amines) is 1. The first kappa shape index (κ1) is 27.6. The number of amides is 1. The monoisotopic (exact) mass is 559 g/mol. The minimum atomic E-state index is -2.75. The predicted octanol–water partition coefficient (Wildman–Crippen LogP) is 4.57. The average molecular weight is 560 g/mol. The zero-order chi connectivity index (χ0) is 28.1. The Bertz CT molecular complexity index is 1310. The van der Waals surface area contributed by atoms with E-state index in [1.165, 1.54) is 12.3 Å². The van der Waals surface area contributed by atoms with Crippen molar-refractivity contribution >= 4 is 35.2 Å². The van der Waals surface area contributed by atoms with Crippen molar-refractivity contribution in [3.63, 3.8) is 0 Å². The Morgan fingerprint density at radius 2 is 2.00 bits per heavy atom. The van der Waals surface area contributed by atoms with Gasteiger partial charge in [0.05, 0.1) is 17.6 Å². The van der Waals surface area contributed by atoms with E-state index in [9.17, 15) is 13.6 Å². The van der Waals surface area contributed by atoms with Gasteiger partial charge in [-0.3, -0.25) is 9.48 Å². The smallest absolute Gasteiger partial charge is 0.260 e. The summed E-state index contributed by atoms with van der Waals surface area (Å²) in [5.74, 6) is -2.12. The summed E-state index contributed by atoms with van der Waals surface area (Å²) in [6.45, 7) is 9.88. The van der Waals surface area contributed by atoms with Crippen LogP contribution in [0.25, 0.3) is 11.1 Å². The summed E-state index contributed by atoms with van der Waals surface area (Å²) in [5, 5.41) is 16.6. The number of nitrogens with one attached hydrogen (secondary N) is 2. The molecule has 1 spiro atoms. The highest BCUT2D eigenvalue weighted by atomic mass is 35.5. The van der Waals surface area contributed by atoms with Crippen LogP contribution < -0.4 is 16.0 Å². The molecule has 39 heavy (non-hydrogen) atoms. The quantitative estimate of drug-likeness (QED) is 0.283. The Balaban J connectivity index is 1.54. The zero-order valence-electron chi connectivity index (χ0n) is 22.5. The fourth-order valence-electron chi connectivity index (χ4n) is 6.45. The number of benzene rings is 1. The third kappa shape index (κ3) is 4.93. The van der Waals surface area contributed by atoms with Gasteiger partial charge in [-0.15, -0.1) is 0 Å². The molecular formula is C28H36ClF2N7O. The van der Waals surface area contributed by atoms with Crippen LogP contribution in [0.3, 0.4) is 0 Å². The molecule has 4 N–H and O–H groups in total. The number of halogens is 3. The van der Waals surface area contributed by atoms with Gasteiger partial charge in [0.15, 0.2) is 5.82 Å². The van der Waals surface area contributed by atoms with Gasteiger partial charge in [-0.05, 0) is 50.8 Å². The molecule has 3 aliphatic rings. The van der Waals surface area contributed by atoms with Crippen molar-refractivity contribution < 1.29 is 13.6 Å². The van der Waals surface area contributed by atoms with Gasteiger partial charge >= 0.3 is 0 Å². The summed E-state index contributed by atoms with van der Waals surface area (Å²) in [5.41, 5.74) is 10.6. The number of carbonyl (C=O) groups excluding carboxylic acids is 1. The van der Waals surface area contributed by atoms with Crippen LogP contribution in [0.15, 0.2) is 18.7 Å². The largest absolute Gasteiger partial charge is 0.398 e. The second kappa shape index (κ2) is 10.2. The number of rotatable bonds is 5. The van der Waals surface area contributed by atoms with Crippen LogP contribution in [0, 0.1) is 24.7 Å². The van der Waals surface area contributed by atoms with E-state index in [1.54, 1.807) is 6.07 Å². The van der Waals surface area contributed by atoms with E-state index in [1.807, 2.05) is 23.4 Å². The van der Waals surface area contributed by atoms with Gasteiger partial charge in [-0.2, -0.15) is 5.10 Å². The maximum atomic E-state index is 14.2. The molecule has 1 aliphatic carbocycles. The van der Waals surface area contributed by atoms with E-state index < -0.39 is 5.92 Å². The lowest BCUT2D eigenvalue weighted by Crippen LogP contribution is -2.63. The van der Waals surface area contributed by atoms with E-state index in [0.29, 0.717) is 53.7 Å². The number of carbonyl (C=O) groups is 1. The first-order valence-corrected chi connectivity index (χ1v) is 13.8. The molecule has 1 aromatic heterocycles. The molecule has 8 nitrogen and oxygen atoms in total. The van der Waals surface area contributed by atoms with Crippen LogP contribution in [-0.2, 0) is 4.79 Å². The Kier molecular flexibility index (Phi) is 7.22. The molecule has 2 aliphatic heterocycles. The second-order valence-corrected chi connectivity index (χ2v) is 11.7. The highest BCUT2D eigenvalue weighted by Crippen LogP contribution is 2.55. The number of nitrogens with two attached hydrogens (primary N) is 1. The number of hydrogen-bond acceptors (Lipinski definition) is 6. The number of nitrogen functional groups attached to an aromatic ring is 1. The molecule has 1 aromatic carbocycles. The molecule has 5 rings (SSSR count). The minimum absolute atomic E-state index is 0.0399. The Labute approximate surface area is 232 Å². The molecule has 0 bridgehead atoms. The molecule has 1 saturated carbocycles. The molecule has 0 atom stereocenters. The van der Waals surface area contributed by atoms with E-state index in [0.717, 1.165) is 42.8 Å². The van der Waals surface area contributed by atoms with E-state index >= 15 is 0 Å². The lowest BCUT2D eigenvalue weighted by molar-refractivity contribution is -0.149. The van der Waals surface area contributed by atoms with Gasteiger partial charge in [0.2, 0.25) is 5.91 Å². The summed E-state index contributed by atoms with van der Waals surface area (Å²) >= 11 is 6.89. The molecule has 3 heterocycles. The van der Waals surface area contributed by atoms with Gasteiger partial charge in [0.25, 0.3) is 5.92 Å². The maximum Gasteiger partial charge on any atom is 0.260 e. The molecular weight excluding hydrogens is 524 g/mol. The van der Waals surface area contributed by atoms with Crippen LogP contribution in [0.5, 0.6) is 0 Å². The summed E-state index contributed by atoms with van der Waals surface area (Å²) < 4.78 is 30.4. The van der Waals surface area contributed by atoms with Crippen molar-refractivity contribution in [2.45, 2.75) is 51.5 Å². The molecule has 0 unspecified atom stereocenters. The number of anilines is 2. The number of hydrogen-bond donors (Lipinski definition) is 3. The number of aromatic nitrogens is 2. The summed E-state index contributed by atoms with van der Waals surface area (Å²) in [6.07, 6.45) is 4.47. The van der Waals surface area contributed by atoms with Crippen LogP contribution in [-0.4, -0.2) is 72.0 Å².